The Morgan fingerprint density at radius 2 is 1.78 bits per heavy atom. The van der Waals surface area contributed by atoms with Crippen LogP contribution in [-0.4, -0.2) is 19.7 Å². The summed E-state index contributed by atoms with van der Waals surface area (Å²) >= 11 is 2.91. The second-order valence-electron chi connectivity index (χ2n) is 3.54. The first kappa shape index (κ1) is 11.2. The fraction of sp³-hybridized carbons (Fsp3) is 0.0909. The van der Waals surface area contributed by atoms with Gasteiger partial charge in [-0.3, -0.25) is 4.79 Å². The Morgan fingerprint density at radius 1 is 1.11 bits per heavy atom. The van der Waals surface area contributed by atoms with Gasteiger partial charge < -0.3 is 0 Å². The van der Waals surface area contributed by atoms with Gasteiger partial charge in [-0.2, -0.15) is 5.10 Å². The van der Waals surface area contributed by atoms with Crippen molar-refractivity contribution in [2.75, 3.05) is 0 Å². The van der Waals surface area contributed by atoms with E-state index in [0.717, 1.165) is 10.6 Å². The molecule has 0 radical (unpaired) electrons. The van der Waals surface area contributed by atoms with Gasteiger partial charge >= 0.3 is 0 Å². The van der Waals surface area contributed by atoms with Gasteiger partial charge in [0.1, 0.15) is 10.0 Å². The zero-order valence-corrected chi connectivity index (χ0v) is 11.0. The van der Waals surface area contributed by atoms with Crippen molar-refractivity contribution < 1.29 is 0 Å². The Hall–Kier alpha value is -1.86. The van der Waals surface area contributed by atoms with E-state index in [9.17, 15) is 4.79 Å². The van der Waals surface area contributed by atoms with Crippen LogP contribution in [0.5, 0.6) is 0 Å². The standard InChI is InChI=1S/C11H8N4OS2/c1-15-11(16)8(10-13-3-5-18-10)7(6-14-15)9-12-2-4-17-9/h2-6H,1H3. The van der Waals surface area contributed by atoms with E-state index in [-0.39, 0.29) is 5.56 Å². The van der Waals surface area contributed by atoms with Crippen molar-refractivity contribution in [2.24, 2.45) is 7.05 Å². The minimum absolute atomic E-state index is 0.155. The summed E-state index contributed by atoms with van der Waals surface area (Å²) in [5.74, 6) is 0. The Morgan fingerprint density at radius 3 is 2.39 bits per heavy atom. The van der Waals surface area contributed by atoms with E-state index in [1.807, 2.05) is 10.8 Å². The normalized spacial score (nSPS) is 10.7. The Kier molecular flexibility index (Phi) is 2.77. The smallest absolute Gasteiger partial charge is 0.267 e. The molecule has 3 heterocycles. The van der Waals surface area contributed by atoms with Crippen molar-refractivity contribution in [3.63, 3.8) is 0 Å². The Balaban J connectivity index is 2.34. The highest BCUT2D eigenvalue weighted by Gasteiger charge is 2.17. The summed E-state index contributed by atoms with van der Waals surface area (Å²) in [5.41, 5.74) is 1.15. The molecular formula is C11H8N4OS2. The molecule has 0 unspecified atom stereocenters. The first-order valence-electron chi connectivity index (χ1n) is 5.13. The summed E-state index contributed by atoms with van der Waals surface area (Å²) in [5, 5.41) is 9.25. The van der Waals surface area contributed by atoms with Crippen molar-refractivity contribution in [3.8, 4) is 21.1 Å². The molecule has 3 aromatic heterocycles. The summed E-state index contributed by atoms with van der Waals surface area (Å²) in [6, 6.07) is 0. The second-order valence-corrected chi connectivity index (χ2v) is 5.33. The van der Waals surface area contributed by atoms with Crippen LogP contribution in [0.1, 0.15) is 0 Å². The lowest BCUT2D eigenvalue weighted by Crippen LogP contribution is -2.21. The van der Waals surface area contributed by atoms with Gasteiger partial charge in [-0.05, 0) is 0 Å². The lowest BCUT2D eigenvalue weighted by atomic mass is 10.2. The molecule has 0 fully saturated rings. The van der Waals surface area contributed by atoms with Gasteiger partial charge in [-0.1, -0.05) is 0 Å². The summed E-state index contributed by atoms with van der Waals surface area (Å²) in [4.78, 5) is 20.7. The average molecular weight is 276 g/mol. The summed E-state index contributed by atoms with van der Waals surface area (Å²) in [7, 11) is 1.63. The number of hydrogen-bond donors (Lipinski definition) is 0. The van der Waals surface area contributed by atoms with Crippen molar-refractivity contribution in [1.82, 2.24) is 19.7 Å². The maximum Gasteiger partial charge on any atom is 0.277 e. The van der Waals surface area contributed by atoms with E-state index < -0.39 is 0 Å². The van der Waals surface area contributed by atoms with Gasteiger partial charge in [0.05, 0.1) is 11.8 Å². The molecule has 0 aromatic carbocycles. The number of rotatable bonds is 2. The molecule has 0 amide bonds. The molecule has 18 heavy (non-hydrogen) atoms. The minimum Gasteiger partial charge on any atom is -0.267 e. The first-order valence-corrected chi connectivity index (χ1v) is 6.89. The molecular weight excluding hydrogens is 268 g/mol. The van der Waals surface area contributed by atoms with Crippen LogP contribution in [0.15, 0.2) is 34.1 Å². The zero-order chi connectivity index (χ0) is 12.5. The highest BCUT2D eigenvalue weighted by atomic mass is 32.1. The van der Waals surface area contributed by atoms with E-state index in [1.54, 1.807) is 25.6 Å². The molecule has 0 N–H and O–H groups in total. The Bertz CT molecular complexity index is 716. The van der Waals surface area contributed by atoms with E-state index in [1.165, 1.54) is 27.4 Å². The van der Waals surface area contributed by atoms with Crippen molar-refractivity contribution in [3.05, 3.63) is 39.7 Å². The quantitative estimate of drug-likeness (QED) is 0.718. The molecule has 0 spiro atoms. The van der Waals surface area contributed by atoms with Crippen LogP contribution in [-0.2, 0) is 7.05 Å². The summed E-state index contributed by atoms with van der Waals surface area (Å²) in [6.07, 6.45) is 5.06. The molecule has 0 saturated carbocycles. The molecule has 3 rings (SSSR count). The zero-order valence-electron chi connectivity index (χ0n) is 9.40. The lowest BCUT2D eigenvalue weighted by molar-refractivity contribution is 0.710. The number of aryl methyl sites for hydroxylation is 1. The van der Waals surface area contributed by atoms with Gasteiger partial charge in [0.15, 0.2) is 0 Å². The summed E-state index contributed by atoms with van der Waals surface area (Å²) < 4.78 is 1.31. The first-order chi connectivity index (χ1) is 8.77. The summed E-state index contributed by atoms with van der Waals surface area (Å²) in [6.45, 7) is 0. The fourth-order valence-corrected chi connectivity index (χ4v) is 2.95. The molecule has 0 bridgehead atoms. The number of aromatic nitrogens is 4. The lowest BCUT2D eigenvalue weighted by Gasteiger charge is -2.05. The van der Waals surface area contributed by atoms with Crippen molar-refractivity contribution in [2.45, 2.75) is 0 Å². The van der Waals surface area contributed by atoms with Crippen LogP contribution < -0.4 is 5.56 Å². The molecule has 5 nitrogen and oxygen atoms in total. The largest absolute Gasteiger partial charge is 0.277 e. The van der Waals surface area contributed by atoms with Crippen LogP contribution in [0.25, 0.3) is 21.1 Å². The molecule has 0 atom stereocenters. The molecule has 3 aromatic rings. The van der Waals surface area contributed by atoms with Gasteiger partial charge in [0, 0.05) is 35.8 Å². The van der Waals surface area contributed by atoms with Gasteiger partial charge in [-0.15, -0.1) is 22.7 Å². The van der Waals surface area contributed by atoms with E-state index in [4.69, 9.17) is 0 Å². The van der Waals surface area contributed by atoms with Crippen LogP contribution in [0.4, 0.5) is 0 Å². The molecule has 0 aliphatic heterocycles. The number of nitrogens with zero attached hydrogens (tertiary/aromatic N) is 4. The molecule has 7 heteroatoms. The maximum atomic E-state index is 12.2. The van der Waals surface area contributed by atoms with Crippen molar-refractivity contribution in [1.29, 1.82) is 0 Å². The van der Waals surface area contributed by atoms with Crippen LogP contribution in [0.3, 0.4) is 0 Å². The predicted octanol–water partition coefficient (Wildman–Crippen LogP) is 2.03. The van der Waals surface area contributed by atoms with Gasteiger partial charge in [-0.25, -0.2) is 14.6 Å². The highest BCUT2D eigenvalue weighted by molar-refractivity contribution is 7.14. The average Bonchev–Trinajstić information content (AvgIpc) is 3.03. The number of hydrogen-bond acceptors (Lipinski definition) is 6. The van der Waals surface area contributed by atoms with Crippen LogP contribution >= 0.6 is 22.7 Å². The number of thiazole rings is 2. The van der Waals surface area contributed by atoms with E-state index >= 15 is 0 Å². The monoisotopic (exact) mass is 276 g/mol. The molecule has 90 valence electrons. The Labute approximate surface area is 110 Å². The third-order valence-corrected chi connectivity index (χ3v) is 4.04. The van der Waals surface area contributed by atoms with Gasteiger partial charge in [0.2, 0.25) is 0 Å². The molecule has 0 aliphatic rings. The van der Waals surface area contributed by atoms with Crippen LogP contribution in [0.2, 0.25) is 0 Å². The minimum atomic E-state index is -0.155. The molecule has 0 aliphatic carbocycles. The van der Waals surface area contributed by atoms with Crippen molar-refractivity contribution >= 4 is 22.7 Å². The topological polar surface area (TPSA) is 60.7 Å². The van der Waals surface area contributed by atoms with E-state index in [0.29, 0.717) is 10.6 Å². The molecule has 0 saturated heterocycles. The third kappa shape index (κ3) is 1.77. The fourth-order valence-electron chi connectivity index (χ4n) is 1.61. The second kappa shape index (κ2) is 4.43. The van der Waals surface area contributed by atoms with Gasteiger partial charge in [0.25, 0.3) is 5.56 Å². The third-order valence-electron chi connectivity index (χ3n) is 2.45. The van der Waals surface area contributed by atoms with E-state index in [2.05, 4.69) is 15.1 Å². The highest BCUT2D eigenvalue weighted by Crippen LogP contribution is 2.30. The van der Waals surface area contributed by atoms with Crippen LogP contribution in [0, 0.1) is 0 Å². The SMILES string of the molecule is Cn1ncc(-c2nccs2)c(-c2nccs2)c1=O. The predicted molar refractivity (Wildman–Crippen MR) is 71.7 cm³/mol. The maximum absolute atomic E-state index is 12.2.